The summed E-state index contributed by atoms with van der Waals surface area (Å²) < 4.78 is 4.81. The maximum atomic E-state index is 12.0. The molecule has 1 aromatic heterocycles. The summed E-state index contributed by atoms with van der Waals surface area (Å²) in [7, 11) is 1.32. The van der Waals surface area contributed by atoms with E-state index in [0.717, 1.165) is 5.69 Å². The van der Waals surface area contributed by atoms with Gasteiger partial charge in [0.15, 0.2) is 0 Å². The highest BCUT2D eigenvalue weighted by atomic mass is 32.2. The van der Waals surface area contributed by atoms with Gasteiger partial charge >= 0.3 is 12.0 Å². The van der Waals surface area contributed by atoms with Gasteiger partial charge in [-0.05, 0) is 19.8 Å². The minimum atomic E-state index is -0.689. The maximum absolute atomic E-state index is 12.0. The van der Waals surface area contributed by atoms with Gasteiger partial charge in [-0.25, -0.2) is 9.78 Å². The zero-order chi connectivity index (χ0) is 17.1. The van der Waals surface area contributed by atoms with Crippen LogP contribution in [0.25, 0.3) is 0 Å². The number of ether oxygens (including phenoxy) is 1. The predicted molar refractivity (Wildman–Crippen MR) is 96.1 cm³/mol. The number of esters is 1. The lowest BCUT2D eigenvalue weighted by molar-refractivity contribution is -0.141. The Balaban J connectivity index is 1.68. The van der Waals surface area contributed by atoms with E-state index in [9.17, 15) is 9.59 Å². The highest BCUT2D eigenvalue weighted by Crippen LogP contribution is 2.36. The van der Waals surface area contributed by atoms with Crippen LogP contribution in [0.4, 0.5) is 4.79 Å². The van der Waals surface area contributed by atoms with Gasteiger partial charge in [0.2, 0.25) is 0 Å². The number of carbonyl (C=O) groups is 2. The normalized spacial score (nSPS) is 21.6. The van der Waals surface area contributed by atoms with E-state index in [2.05, 4.69) is 15.4 Å². The fourth-order valence-corrected chi connectivity index (χ4v) is 5.10. The van der Waals surface area contributed by atoms with E-state index in [4.69, 9.17) is 9.72 Å². The van der Waals surface area contributed by atoms with E-state index in [1.807, 2.05) is 0 Å². The quantitative estimate of drug-likeness (QED) is 0.758. The predicted octanol–water partition coefficient (Wildman–Crippen LogP) is 3.82. The molecule has 1 aliphatic carbocycles. The molecule has 2 heterocycles. The van der Waals surface area contributed by atoms with Crippen molar-refractivity contribution in [3.8, 4) is 0 Å². The first-order valence-electron chi connectivity index (χ1n) is 7.91. The Labute approximate surface area is 148 Å². The minimum absolute atomic E-state index is 0.425. The smallest absolute Gasteiger partial charge is 0.367 e. The van der Waals surface area contributed by atoms with Gasteiger partial charge in [-0.15, -0.1) is 23.1 Å². The average molecular weight is 365 g/mol. The molecule has 128 valence electrons. The summed E-state index contributed by atoms with van der Waals surface area (Å²) in [5.41, 5.74) is 1.39. The number of nitrogens with zero attached hydrogens (tertiary/aromatic N) is 3. The van der Waals surface area contributed by atoms with Crippen molar-refractivity contribution in [2.75, 3.05) is 7.11 Å². The van der Waals surface area contributed by atoms with E-state index in [1.165, 1.54) is 49.6 Å². The maximum Gasteiger partial charge on any atom is 0.367 e. The van der Waals surface area contributed by atoms with Crippen molar-refractivity contribution in [1.82, 2.24) is 4.98 Å². The molecule has 3 rings (SSSR count). The molecular formula is C16H19N3O3S2. The van der Waals surface area contributed by atoms with Crippen LogP contribution in [-0.2, 0) is 15.3 Å². The molecule has 0 spiro atoms. The van der Waals surface area contributed by atoms with Gasteiger partial charge in [0, 0.05) is 22.8 Å². The summed E-state index contributed by atoms with van der Waals surface area (Å²) in [5, 5.41) is 3.70. The van der Waals surface area contributed by atoms with Crippen LogP contribution in [0.5, 0.6) is 0 Å². The van der Waals surface area contributed by atoms with Crippen molar-refractivity contribution in [3.05, 3.63) is 16.1 Å². The van der Waals surface area contributed by atoms with E-state index in [1.54, 1.807) is 18.3 Å². The summed E-state index contributed by atoms with van der Waals surface area (Å²) in [4.78, 5) is 35.9. The van der Waals surface area contributed by atoms with Crippen molar-refractivity contribution in [2.24, 2.45) is 15.9 Å². The van der Waals surface area contributed by atoms with Crippen LogP contribution in [0.1, 0.15) is 49.2 Å². The van der Waals surface area contributed by atoms with E-state index in [0.29, 0.717) is 22.4 Å². The molecule has 24 heavy (non-hydrogen) atoms. The Bertz CT molecular complexity index is 705. The van der Waals surface area contributed by atoms with Gasteiger partial charge in [-0.2, -0.15) is 9.98 Å². The fourth-order valence-electron chi connectivity index (χ4n) is 2.98. The molecule has 8 heteroatoms. The van der Waals surface area contributed by atoms with E-state index < -0.39 is 17.9 Å². The van der Waals surface area contributed by atoms with Crippen molar-refractivity contribution < 1.29 is 14.3 Å². The number of hydrogen-bond acceptors (Lipinski definition) is 6. The summed E-state index contributed by atoms with van der Waals surface area (Å²) >= 11 is 3.06. The second-order valence-corrected chi connectivity index (χ2v) is 7.77. The van der Waals surface area contributed by atoms with Crippen LogP contribution in [0.15, 0.2) is 15.4 Å². The molecule has 1 aliphatic heterocycles. The first-order valence-corrected chi connectivity index (χ1v) is 9.77. The number of aliphatic imine (C=N–C) groups is 2. The Morgan fingerprint density at radius 3 is 2.83 bits per heavy atom. The number of methoxy groups -OCH3 is 1. The van der Waals surface area contributed by atoms with Crippen molar-refractivity contribution >= 4 is 45.9 Å². The highest BCUT2D eigenvalue weighted by molar-refractivity contribution is 8.13. The Morgan fingerprint density at radius 1 is 1.38 bits per heavy atom. The zero-order valence-electron chi connectivity index (χ0n) is 13.7. The lowest BCUT2D eigenvalue weighted by Crippen LogP contribution is -2.33. The number of amides is 2. The van der Waals surface area contributed by atoms with E-state index >= 15 is 0 Å². The van der Waals surface area contributed by atoms with Crippen molar-refractivity contribution in [1.29, 1.82) is 0 Å². The third-order valence-electron chi connectivity index (χ3n) is 4.22. The number of thioether (sulfide) groups is 1. The molecule has 1 saturated carbocycles. The molecule has 0 N–H and O–H groups in total. The minimum Gasteiger partial charge on any atom is -0.468 e. The SMILES string of the molecule is COC(=O)C1C(C)=NC(=O)N=C1SCc1csc(C2CCCC2)n1. The number of aromatic nitrogens is 1. The molecule has 1 atom stereocenters. The summed E-state index contributed by atoms with van der Waals surface area (Å²) in [6, 6.07) is -0.569. The highest BCUT2D eigenvalue weighted by Gasteiger charge is 2.33. The van der Waals surface area contributed by atoms with Gasteiger partial charge in [0.25, 0.3) is 0 Å². The molecular weight excluding hydrogens is 346 g/mol. The number of rotatable bonds is 4. The molecule has 1 unspecified atom stereocenters. The summed E-state index contributed by atoms with van der Waals surface area (Å²) in [6.07, 6.45) is 5.02. The largest absolute Gasteiger partial charge is 0.468 e. The topological polar surface area (TPSA) is 81.0 Å². The van der Waals surface area contributed by atoms with Gasteiger partial charge in [-0.1, -0.05) is 12.8 Å². The van der Waals surface area contributed by atoms with Gasteiger partial charge < -0.3 is 4.74 Å². The Hall–Kier alpha value is -1.54. The number of thiazole rings is 1. The second kappa shape index (κ2) is 7.57. The molecule has 0 saturated heterocycles. The monoisotopic (exact) mass is 365 g/mol. The van der Waals surface area contributed by atoms with Gasteiger partial charge in [0.05, 0.1) is 22.9 Å². The Kier molecular flexibility index (Phi) is 5.45. The van der Waals surface area contributed by atoms with Crippen molar-refractivity contribution in [3.63, 3.8) is 0 Å². The number of carbonyl (C=O) groups excluding carboxylic acids is 2. The Morgan fingerprint density at radius 2 is 2.12 bits per heavy atom. The van der Waals surface area contributed by atoms with Crippen LogP contribution >= 0.6 is 23.1 Å². The van der Waals surface area contributed by atoms with E-state index in [-0.39, 0.29) is 0 Å². The van der Waals surface area contributed by atoms with Crippen LogP contribution < -0.4 is 0 Å². The first kappa shape index (κ1) is 17.3. The second-order valence-electron chi connectivity index (χ2n) is 5.89. The first-order chi connectivity index (χ1) is 11.6. The number of hydrogen-bond donors (Lipinski definition) is 0. The van der Waals surface area contributed by atoms with Crippen LogP contribution in [-0.4, -0.2) is 34.8 Å². The summed E-state index contributed by atoms with van der Waals surface area (Å²) in [5.74, 6) is 0.0425. The lowest BCUT2D eigenvalue weighted by Gasteiger charge is -2.18. The number of urea groups is 1. The third kappa shape index (κ3) is 3.75. The molecule has 6 nitrogen and oxygen atoms in total. The van der Waals surface area contributed by atoms with Crippen LogP contribution in [0.2, 0.25) is 0 Å². The molecule has 2 aliphatic rings. The molecule has 0 aromatic carbocycles. The summed E-state index contributed by atoms with van der Waals surface area (Å²) in [6.45, 7) is 1.65. The average Bonchev–Trinajstić information content (AvgIpc) is 3.22. The van der Waals surface area contributed by atoms with Gasteiger partial charge in [-0.3, -0.25) is 4.79 Å². The molecule has 1 fully saturated rings. The molecule has 0 bridgehead atoms. The van der Waals surface area contributed by atoms with Crippen LogP contribution in [0, 0.1) is 5.92 Å². The fraction of sp³-hybridized carbons (Fsp3) is 0.562. The van der Waals surface area contributed by atoms with Crippen molar-refractivity contribution in [2.45, 2.75) is 44.3 Å². The molecule has 1 aromatic rings. The van der Waals surface area contributed by atoms with Crippen LogP contribution in [0.3, 0.4) is 0 Å². The molecule has 2 amide bonds. The standard InChI is InChI=1S/C16H19N3O3S2/c1-9-12(15(20)22-2)14(19-16(21)17-9)24-8-11-7-23-13(18-11)10-5-3-4-6-10/h7,10,12H,3-6,8H2,1-2H3. The third-order valence-corrected chi connectivity index (χ3v) is 6.34. The zero-order valence-corrected chi connectivity index (χ0v) is 15.3. The molecule has 0 radical (unpaired) electrons. The lowest BCUT2D eigenvalue weighted by atomic mass is 10.1. The van der Waals surface area contributed by atoms with Gasteiger partial charge in [0.1, 0.15) is 5.92 Å².